The van der Waals surface area contributed by atoms with E-state index in [0.29, 0.717) is 12.2 Å². The van der Waals surface area contributed by atoms with Gasteiger partial charge in [-0.15, -0.1) is 0 Å². The van der Waals surface area contributed by atoms with Gasteiger partial charge in [0.1, 0.15) is 5.78 Å². The van der Waals surface area contributed by atoms with Crippen LogP contribution in [0.15, 0.2) is 29.4 Å². The number of hydrazone groups is 1. The first-order valence-electron chi connectivity index (χ1n) is 7.45. The zero-order valence-electron chi connectivity index (χ0n) is 12.4. The monoisotopic (exact) mass is 270 g/mol. The lowest BCUT2D eigenvalue weighted by molar-refractivity contribution is -0.126. The van der Waals surface area contributed by atoms with Crippen molar-refractivity contribution in [3.05, 3.63) is 35.4 Å². The SMILES string of the molecule is CCc1ccc(C2=NNC3CC(C)(C)CC(=O)C23)cc1. The van der Waals surface area contributed by atoms with Gasteiger partial charge in [0.15, 0.2) is 0 Å². The molecule has 20 heavy (non-hydrogen) atoms. The van der Waals surface area contributed by atoms with Crippen LogP contribution >= 0.6 is 0 Å². The summed E-state index contributed by atoms with van der Waals surface area (Å²) in [5.74, 6) is 0.269. The van der Waals surface area contributed by atoms with E-state index in [2.05, 4.69) is 55.6 Å². The van der Waals surface area contributed by atoms with E-state index in [1.165, 1.54) is 5.56 Å². The van der Waals surface area contributed by atoms with Gasteiger partial charge in [0.2, 0.25) is 0 Å². The highest BCUT2D eigenvalue weighted by Gasteiger charge is 2.46. The number of aryl methyl sites for hydroxylation is 1. The van der Waals surface area contributed by atoms with Crippen molar-refractivity contribution in [3.8, 4) is 0 Å². The molecule has 0 amide bonds. The van der Waals surface area contributed by atoms with Crippen molar-refractivity contribution in [2.75, 3.05) is 0 Å². The number of benzene rings is 1. The van der Waals surface area contributed by atoms with Crippen LogP contribution in [0.5, 0.6) is 0 Å². The van der Waals surface area contributed by atoms with Crippen molar-refractivity contribution in [2.45, 2.75) is 46.1 Å². The Hall–Kier alpha value is -1.64. The van der Waals surface area contributed by atoms with Crippen LogP contribution in [0.25, 0.3) is 0 Å². The number of hydrogen-bond donors (Lipinski definition) is 1. The number of fused-ring (bicyclic) bond motifs is 1. The number of nitrogens with one attached hydrogen (secondary N) is 1. The first kappa shape index (κ1) is 13.3. The van der Waals surface area contributed by atoms with Gasteiger partial charge in [-0.05, 0) is 29.4 Å². The first-order valence-corrected chi connectivity index (χ1v) is 7.45. The van der Waals surface area contributed by atoms with Gasteiger partial charge >= 0.3 is 0 Å². The summed E-state index contributed by atoms with van der Waals surface area (Å²) >= 11 is 0. The number of ketones is 1. The fourth-order valence-corrected chi connectivity index (χ4v) is 3.43. The predicted octanol–water partition coefficient (Wildman–Crippen LogP) is 2.93. The maximum absolute atomic E-state index is 12.5. The summed E-state index contributed by atoms with van der Waals surface area (Å²) in [6, 6.07) is 8.61. The molecule has 3 heteroatoms. The van der Waals surface area contributed by atoms with Gasteiger partial charge in [-0.1, -0.05) is 45.0 Å². The molecule has 1 aliphatic carbocycles. The topological polar surface area (TPSA) is 41.5 Å². The molecule has 0 saturated heterocycles. The quantitative estimate of drug-likeness (QED) is 0.897. The zero-order valence-corrected chi connectivity index (χ0v) is 12.4. The van der Waals surface area contributed by atoms with Crippen LogP contribution in [0.3, 0.4) is 0 Å². The van der Waals surface area contributed by atoms with Crippen LogP contribution in [0.4, 0.5) is 0 Å². The van der Waals surface area contributed by atoms with E-state index in [0.717, 1.165) is 24.1 Å². The molecule has 1 aliphatic heterocycles. The normalized spacial score (nSPS) is 27.8. The van der Waals surface area contributed by atoms with E-state index in [9.17, 15) is 4.79 Å². The van der Waals surface area contributed by atoms with Crippen molar-refractivity contribution < 1.29 is 4.79 Å². The number of rotatable bonds is 2. The molecule has 1 fully saturated rings. The van der Waals surface area contributed by atoms with Gasteiger partial charge in [-0.2, -0.15) is 5.10 Å². The average molecular weight is 270 g/mol. The summed E-state index contributed by atoms with van der Waals surface area (Å²) in [6.07, 6.45) is 2.69. The molecule has 1 N–H and O–H groups in total. The van der Waals surface area contributed by atoms with Gasteiger partial charge < -0.3 is 5.43 Å². The van der Waals surface area contributed by atoms with E-state index >= 15 is 0 Å². The van der Waals surface area contributed by atoms with Crippen LogP contribution in [-0.2, 0) is 11.2 Å². The molecule has 0 spiro atoms. The third-order valence-corrected chi connectivity index (χ3v) is 4.48. The largest absolute Gasteiger partial charge is 0.306 e. The summed E-state index contributed by atoms with van der Waals surface area (Å²) in [5, 5.41) is 4.47. The Morgan fingerprint density at radius 2 is 2.00 bits per heavy atom. The van der Waals surface area contributed by atoms with Crippen LogP contribution < -0.4 is 5.43 Å². The lowest BCUT2D eigenvalue weighted by Crippen LogP contribution is -2.45. The zero-order chi connectivity index (χ0) is 14.3. The van der Waals surface area contributed by atoms with Crippen molar-refractivity contribution in [2.24, 2.45) is 16.4 Å². The van der Waals surface area contributed by atoms with Gasteiger partial charge in [0.05, 0.1) is 17.7 Å². The van der Waals surface area contributed by atoms with E-state index in [1.54, 1.807) is 0 Å². The van der Waals surface area contributed by atoms with Gasteiger partial charge in [0.25, 0.3) is 0 Å². The molecule has 2 aliphatic rings. The Morgan fingerprint density at radius 3 is 2.65 bits per heavy atom. The van der Waals surface area contributed by atoms with Crippen molar-refractivity contribution in [1.82, 2.24) is 5.43 Å². The average Bonchev–Trinajstić information content (AvgIpc) is 2.81. The maximum Gasteiger partial charge on any atom is 0.144 e. The molecule has 1 saturated carbocycles. The second kappa shape index (κ2) is 4.72. The molecule has 2 unspecified atom stereocenters. The fraction of sp³-hybridized carbons (Fsp3) is 0.529. The van der Waals surface area contributed by atoms with Crippen LogP contribution in [0, 0.1) is 11.3 Å². The fourth-order valence-electron chi connectivity index (χ4n) is 3.43. The predicted molar refractivity (Wildman–Crippen MR) is 80.8 cm³/mol. The van der Waals surface area contributed by atoms with Crippen LogP contribution in [-0.4, -0.2) is 17.5 Å². The number of carbonyl (C=O) groups is 1. The van der Waals surface area contributed by atoms with E-state index < -0.39 is 0 Å². The summed E-state index contributed by atoms with van der Waals surface area (Å²) in [7, 11) is 0. The highest BCUT2D eigenvalue weighted by Crippen LogP contribution is 2.39. The highest BCUT2D eigenvalue weighted by molar-refractivity contribution is 6.15. The molecule has 1 aromatic carbocycles. The second-order valence-corrected chi connectivity index (χ2v) is 6.77. The van der Waals surface area contributed by atoms with Crippen molar-refractivity contribution in [1.29, 1.82) is 0 Å². The Labute approximate surface area is 120 Å². The number of hydrogen-bond acceptors (Lipinski definition) is 3. The molecule has 2 atom stereocenters. The molecule has 0 radical (unpaired) electrons. The minimum Gasteiger partial charge on any atom is -0.306 e. The third-order valence-electron chi connectivity index (χ3n) is 4.48. The van der Waals surface area contributed by atoms with E-state index in [4.69, 9.17) is 0 Å². The van der Waals surface area contributed by atoms with E-state index in [-0.39, 0.29) is 17.4 Å². The number of nitrogens with zero attached hydrogens (tertiary/aromatic N) is 1. The Morgan fingerprint density at radius 1 is 1.30 bits per heavy atom. The second-order valence-electron chi connectivity index (χ2n) is 6.77. The summed E-state index contributed by atoms with van der Waals surface area (Å²) in [5.41, 5.74) is 6.60. The first-order chi connectivity index (χ1) is 9.50. The summed E-state index contributed by atoms with van der Waals surface area (Å²) < 4.78 is 0. The molecule has 1 heterocycles. The lowest BCUT2D eigenvalue weighted by atomic mass is 9.68. The molecule has 1 aromatic rings. The van der Waals surface area contributed by atoms with Crippen molar-refractivity contribution >= 4 is 11.5 Å². The van der Waals surface area contributed by atoms with Crippen LogP contribution in [0.1, 0.15) is 44.7 Å². The highest BCUT2D eigenvalue weighted by atomic mass is 16.1. The maximum atomic E-state index is 12.5. The Kier molecular flexibility index (Phi) is 3.15. The molecule has 3 nitrogen and oxygen atoms in total. The number of carbonyl (C=O) groups excluding carboxylic acids is 1. The Balaban J connectivity index is 1.87. The van der Waals surface area contributed by atoms with Gasteiger partial charge in [-0.3, -0.25) is 4.79 Å². The summed E-state index contributed by atoms with van der Waals surface area (Å²) in [6.45, 7) is 6.47. The number of Topliss-reactive ketones (excluding diaryl/α,β-unsaturated/α-hetero) is 1. The summed E-state index contributed by atoms with van der Waals surface area (Å²) in [4.78, 5) is 12.5. The lowest BCUT2D eigenvalue weighted by Gasteiger charge is -2.36. The molecule has 0 aromatic heterocycles. The minimum atomic E-state index is -0.0597. The van der Waals surface area contributed by atoms with Gasteiger partial charge in [0, 0.05) is 6.42 Å². The van der Waals surface area contributed by atoms with E-state index in [1.807, 2.05) is 0 Å². The molecule has 0 bridgehead atoms. The molecule has 106 valence electrons. The molecular weight excluding hydrogens is 248 g/mol. The van der Waals surface area contributed by atoms with Crippen LogP contribution in [0.2, 0.25) is 0 Å². The van der Waals surface area contributed by atoms with Crippen molar-refractivity contribution in [3.63, 3.8) is 0 Å². The van der Waals surface area contributed by atoms with Gasteiger partial charge in [-0.25, -0.2) is 0 Å². The standard InChI is InChI=1S/C17H22N2O/c1-4-11-5-7-12(8-6-11)16-15-13(18-19-16)9-17(2,3)10-14(15)20/h5-8,13,15,18H,4,9-10H2,1-3H3. The Bertz CT molecular complexity index is 557. The molecule has 3 rings (SSSR count). The minimum absolute atomic E-state index is 0.0597. The third kappa shape index (κ3) is 2.26. The smallest absolute Gasteiger partial charge is 0.144 e. The molecular formula is C17H22N2O.